The van der Waals surface area contributed by atoms with Crippen molar-refractivity contribution >= 4 is 55.1 Å². The van der Waals surface area contributed by atoms with E-state index >= 15 is 0 Å². The van der Waals surface area contributed by atoms with Gasteiger partial charge < -0.3 is 14.5 Å². The number of rotatable bonds is 3. The molecule has 0 fully saturated rings. The maximum absolute atomic E-state index is 12.5. The number of esters is 1. The predicted octanol–water partition coefficient (Wildman–Crippen LogP) is 3.78. The summed E-state index contributed by atoms with van der Waals surface area (Å²) in [6.07, 6.45) is 0. The monoisotopic (exact) mass is 406 g/mol. The summed E-state index contributed by atoms with van der Waals surface area (Å²) in [6, 6.07) is 8.44. The maximum Gasteiger partial charge on any atom is 0.340 e. The summed E-state index contributed by atoms with van der Waals surface area (Å²) in [5.41, 5.74) is 0.595. The van der Waals surface area contributed by atoms with E-state index in [0.717, 1.165) is 4.47 Å². The average Bonchev–Trinajstić information content (AvgIpc) is 3.01. The zero-order valence-corrected chi connectivity index (χ0v) is 14.8. The minimum atomic E-state index is -0.537. The lowest BCUT2D eigenvalue weighted by Crippen LogP contribution is -2.21. The van der Waals surface area contributed by atoms with Crippen LogP contribution in [-0.4, -0.2) is 19.0 Å². The van der Waals surface area contributed by atoms with Crippen molar-refractivity contribution in [3.8, 4) is 0 Å². The predicted molar refractivity (Wildman–Crippen MR) is 93.4 cm³/mol. The number of benzene rings is 1. The SMILES string of the molecule is COC(=O)c1ccsc1NC(=O)c1cc2cc(Br)ccc2oc1=N. The molecule has 0 radical (unpaired) electrons. The number of fused-ring (bicyclic) bond motifs is 1. The van der Waals surface area contributed by atoms with Gasteiger partial charge in [0.25, 0.3) is 5.91 Å². The molecule has 0 saturated heterocycles. The van der Waals surface area contributed by atoms with E-state index in [0.29, 0.717) is 16.0 Å². The van der Waals surface area contributed by atoms with Gasteiger partial charge >= 0.3 is 5.97 Å². The van der Waals surface area contributed by atoms with E-state index in [2.05, 4.69) is 26.0 Å². The largest absolute Gasteiger partial charge is 0.465 e. The third-order valence-electron chi connectivity index (χ3n) is 3.27. The van der Waals surface area contributed by atoms with Gasteiger partial charge in [0.05, 0.1) is 12.7 Å². The van der Waals surface area contributed by atoms with Crippen molar-refractivity contribution in [1.82, 2.24) is 0 Å². The first-order valence-electron chi connectivity index (χ1n) is 6.75. The molecule has 2 heterocycles. The number of carbonyl (C=O) groups excluding carboxylic acids is 2. The minimum Gasteiger partial charge on any atom is -0.465 e. The van der Waals surface area contributed by atoms with Crippen molar-refractivity contribution in [2.75, 3.05) is 12.4 Å². The fourth-order valence-electron chi connectivity index (χ4n) is 2.13. The lowest BCUT2D eigenvalue weighted by atomic mass is 10.1. The summed E-state index contributed by atoms with van der Waals surface area (Å²) in [7, 11) is 1.27. The van der Waals surface area contributed by atoms with Crippen molar-refractivity contribution < 1.29 is 18.7 Å². The summed E-state index contributed by atoms with van der Waals surface area (Å²) in [5.74, 6) is -1.07. The summed E-state index contributed by atoms with van der Waals surface area (Å²) in [6.45, 7) is 0. The Labute approximate surface area is 148 Å². The molecule has 0 spiro atoms. The second-order valence-corrected chi connectivity index (χ2v) is 6.61. The van der Waals surface area contributed by atoms with Crippen LogP contribution in [0.15, 0.2) is 44.6 Å². The quantitative estimate of drug-likeness (QED) is 0.647. The zero-order valence-electron chi connectivity index (χ0n) is 12.4. The lowest BCUT2D eigenvalue weighted by Gasteiger charge is -2.06. The molecule has 0 aliphatic carbocycles. The molecule has 3 rings (SSSR count). The van der Waals surface area contributed by atoms with E-state index in [-0.39, 0.29) is 16.7 Å². The van der Waals surface area contributed by atoms with E-state index < -0.39 is 11.9 Å². The van der Waals surface area contributed by atoms with Gasteiger partial charge in [-0.3, -0.25) is 10.2 Å². The Morgan fingerprint density at radius 1 is 1.25 bits per heavy atom. The third kappa shape index (κ3) is 3.10. The van der Waals surface area contributed by atoms with Gasteiger partial charge in [0.15, 0.2) is 0 Å². The van der Waals surface area contributed by atoms with Crippen LogP contribution in [0.1, 0.15) is 20.7 Å². The zero-order chi connectivity index (χ0) is 17.3. The molecule has 0 saturated carbocycles. The van der Waals surface area contributed by atoms with Crippen LogP contribution in [0.5, 0.6) is 0 Å². The number of anilines is 1. The van der Waals surface area contributed by atoms with Crippen LogP contribution in [0.4, 0.5) is 5.00 Å². The normalized spacial score (nSPS) is 10.6. The van der Waals surface area contributed by atoms with Crippen molar-refractivity contribution in [3.05, 3.63) is 56.9 Å². The number of carbonyl (C=O) groups is 2. The van der Waals surface area contributed by atoms with Crippen molar-refractivity contribution in [2.24, 2.45) is 0 Å². The third-order valence-corrected chi connectivity index (χ3v) is 4.59. The van der Waals surface area contributed by atoms with E-state index in [9.17, 15) is 9.59 Å². The van der Waals surface area contributed by atoms with Crippen LogP contribution in [-0.2, 0) is 4.74 Å². The van der Waals surface area contributed by atoms with Crippen molar-refractivity contribution in [3.63, 3.8) is 0 Å². The summed E-state index contributed by atoms with van der Waals surface area (Å²) in [5, 5.41) is 13.3. The van der Waals surface area contributed by atoms with Gasteiger partial charge in [0.2, 0.25) is 5.55 Å². The summed E-state index contributed by atoms with van der Waals surface area (Å²) >= 11 is 4.55. The molecule has 24 heavy (non-hydrogen) atoms. The molecule has 8 heteroatoms. The lowest BCUT2D eigenvalue weighted by molar-refractivity contribution is 0.0602. The van der Waals surface area contributed by atoms with Gasteiger partial charge in [0.1, 0.15) is 16.1 Å². The minimum absolute atomic E-state index is 0.0739. The Kier molecular flexibility index (Phi) is 4.50. The molecule has 1 amide bonds. The van der Waals surface area contributed by atoms with Crippen molar-refractivity contribution in [2.45, 2.75) is 0 Å². The van der Waals surface area contributed by atoms with E-state index in [1.807, 2.05) is 0 Å². The Balaban J connectivity index is 1.97. The molecule has 122 valence electrons. The summed E-state index contributed by atoms with van der Waals surface area (Å²) < 4.78 is 10.9. The molecule has 0 unspecified atom stereocenters. The molecular formula is C16H11BrN2O4S. The molecule has 6 nitrogen and oxygen atoms in total. The van der Waals surface area contributed by atoms with Crippen LogP contribution < -0.4 is 10.9 Å². The number of amides is 1. The highest BCUT2D eigenvalue weighted by molar-refractivity contribution is 9.10. The highest BCUT2D eigenvalue weighted by atomic mass is 79.9. The standard InChI is InChI=1S/C16H11BrN2O4S/c1-22-16(21)10-4-5-24-15(10)19-14(20)11-7-8-6-9(17)2-3-12(8)23-13(11)18/h2-7,18H,1H3,(H,19,20). The van der Waals surface area contributed by atoms with Gasteiger partial charge in [-0.25, -0.2) is 4.79 Å². The second-order valence-electron chi connectivity index (χ2n) is 4.78. The van der Waals surface area contributed by atoms with Gasteiger partial charge in [0, 0.05) is 9.86 Å². The smallest absolute Gasteiger partial charge is 0.340 e. The number of thiophene rings is 1. The molecule has 3 aromatic rings. The number of hydrogen-bond acceptors (Lipinski definition) is 6. The van der Waals surface area contributed by atoms with Crippen LogP contribution in [0.25, 0.3) is 11.0 Å². The molecule has 0 atom stereocenters. The number of halogens is 1. The number of ether oxygens (including phenoxy) is 1. The van der Waals surface area contributed by atoms with E-state index in [1.54, 1.807) is 35.7 Å². The Hall–Kier alpha value is -2.45. The number of hydrogen-bond donors (Lipinski definition) is 2. The van der Waals surface area contributed by atoms with E-state index in [4.69, 9.17) is 9.83 Å². The molecule has 0 bridgehead atoms. The van der Waals surface area contributed by atoms with E-state index in [1.165, 1.54) is 18.4 Å². The summed E-state index contributed by atoms with van der Waals surface area (Å²) in [4.78, 5) is 24.1. The van der Waals surface area contributed by atoms with Crippen molar-refractivity contribution in [1.29, 1.82) is 5.41 Å². The molecule has 1 aromatic carbocycles. The average molecular weight is 407 g/mol. The van der Waals surface area contributed by atoms with Gasteiger partial charge in [-0.15, -0.1) is 11.3 Å². The van der Waals surface area contributed by atoms with Crippen LogP contribution >= 0.6 is 27.3 Å². The maximum atomic E-state index is 12.5. The van der Waals surface area contributed by atoms with Crippen LogP contribution in [0, 0.1) is 5.41 Å². The molecule has 0 aliphatic rings. The first-order chi connectivity index (χ1) is 11.5. The highest BCUT2D eigenvalue weighted by Crippen LogP contribution is 2.25. The second kappa shape index (κ2) is 6.58. The fraction of sp³-hybridized carbons (Fsp3) is 0.0625. The van der Waals surface area contributed by atoms with Crippen LogP contribution in [0.2, 0.25) is 0 Å². The number of nitrogens with one attached hydrogen (secondary N) is 2. The van der Waals surface area contributed by atoms with Gasteiger partial charge in [-0.2, -0.15) is 0 Å². The number of methoxy groups -OCH3 is 1. The topological polar surface area (TPSA) is 92.4 Å². The van der Waals surface area contributed by atoms with Crippen LogP contribution in [0.3, 0.4) is 0 Å². The molecule has 2 aromatic heterocycles. The molecule has 0 aliphatic heterocycles. The molecular weight excluding hydrogens is 396 g/mol. The Morgan fingerprint density at radius 2 is 2.04 bits per heavy atom. The molecule has 2 N–H and O–H groups in total. The van der Waals surface area contributed by atoms with Gasteiger partial charge in [-0.1, -0.05) is 15.9 Å². The Morgan fingerprint density at radius 3 is 2.79 bits per heavy atom. The first-order valence-corrected chi connectivity index (χ1v) is 8.42. The fourth-order valence-corrected chi connectivity index (χ4v) is 3.28. The Bertz CT molecular complexity index is 1010. The highest BCUT2D eigenvalue weighted by Gasteiger charge is 2.18. The first kappa shape index (κ1) is 16.4. The van der Waals surface area contributed by atoms with Gasteiger partial charge in [-0.05, 0) is 35.7 Å².